The molecule has 0 fully saturated rings. The van der Waals surface area contributed by atoms with Crippen molar-refractivity contribution in [3.63, 3.8) is 0 Å². The number of hydrogen-bond donors (Lipinski definition) is 1. The first-order chi connectivity index (χ1) is 16.9. The van der Waals surface area contributed by atoms with Gasteiger partial charge in [-0.25, -0.2) is 19.7 Å². The summed E-state index contributed by atoms with van der Waals surface area (Å²) in [7, 11) is 0. The number of esters is 1. The Balaban J connectivity index is 1.56. The Kier molecular flexibility index (Phi) is 5.66. The highest BCUT2D eigenvalue weighted by molar-refractivity contribution is 6.08. The summed E-state index contributed by atoms with van der Waals surface area (Å²) in [6.07, 6.45) is 1.36. The summed E-state index contributed by atoms with van der Waals surface area (Å²) in [5.41, 5.74) is 4.18. The normalized spacial score (nSPS) is 11.1. The third-order valence-corrected chi connectivity index (χ3v) is 5.63. The summed E-state index contributed by atoms with van der Waals surface area (Å²) in [6, 6.07) is 16.4. The van der Waals surface area contributed by atoms with Crippen LogP contribution in [0.4, 0.5) is 5.82 Å². The van der Waals surface area contributed by atoms with Crippen molar-refractivity contribution in [3.05, 3.63) is 83.3 Å². The molecule has 0 unspecified atom stereocenters. The number of nitrogens with one attached hydrogen (secondary N) is 1. The molecule has 3 heterocycles. The van der Waals surface area contributed by atoms with Crippen LogP contribution in [0, 0.1) is 13.8 Å². The second kappa shape index (κ2) is 8.94. The highest BCUT2D eigenvalue weighted by Crippen LogP contribution is 2.24. The van der Waals surface area contributed by atoms with Gasteiger partial charge in [-0.2, -0.15) is 9.78 Å². The first kappa shape index (κ1) is 22.1. The van der Waals surface area contributed by atoms with Crippen molar-refractivity contribution in [2.75, 3.05) is 11.9 Å². The van der Waals surface area contributed by atoms with Crippen LogP contribution < -0.4 is 5.32 Å². The minimum atomic E-state index is -0.592. The number of amides is 1. The predicted octanol–water partition coefficient (Wildman–Crippen LogP) is 4.41. The number of carbonyl (C=O) groups excluding carboxylic acids is 2. The SMILES string of the molecule is CCOC(=O)c1cnn(-c2ccc3ccccc3n2)c1NC(=O)c1ccc2nc(C)c(C)nc2c1. The monoisotopic (exact) mass is 466 g/mol. The van der Waals surface area contributed by atoms with Crippen molar-refractivity contribution >= 4 is 39.6 Å². The molecule has 0 saturated heterocycles. The topological polar surface area (TPSA) is 112 Å². The van der Waals surface area contributed by atoms with E-state index in [1.807, 2.05) is 44.2 Å². The Morgan fingerprint density at radius 1 is 0.914 bits per heavy atom. The minimum absolute atomic E-state index is 0.127. The number of carbonyl (C=O) groups is 2. The van der Waals surface area contributed by atoms with Crippen molar-refractivity contribution < 1.29 is 14.3 Å². The maximum atomic E-state index is 13.3. The molecule has 1 amide bonds. The lowest BCUT2D eigenvalue weighted by Gasteiger charge is -2.12. The largest absolute Gasteiger partial charge is 0.462 e. The van der Waals surface area contributed by atoms with Crippen LogP contribution in [0.3, 0.4) is 0 Å². The molecule has 3 aromatic heterocycles. The van der Waals surface area contributed by atoms with E-state index in [9.17, 15) is 9.59 Å². The number of benzene rings is 2. The highest BCUT2D eigenvalue weighted by Gasteiger charge is 2.23. The van der Waals surface area contributed by atoms with Gasteiger partial charge in [-0.1, -0.05) is 18.2 Å². The van der Waals surface area contributed by atoms with E-state index in [4.69, 9.17) is 4.74 Å². The van der Waals surface area contributed by atoms with Gasteiger partial charge in [-0.05, 0) is 57.2 Å². The number of para-hydroxylation sites is 1. The Hall–Kier alpha value is -4.66. The Morgan fingerprint density at radius 2 is 1.69 bits per heavy atom. The molecular weight excluding hydrogens is 444 g/mol. The van der Waals surface area contributed by atoms with Gasteiger partial charge in [0.15, 0.2) is 11.6 Å². The van der Waals surface area contributed by atoms with E-state index in [-0.39, 0.29) is 18.0 Å². The molecule has 0 radical (unpaired) electrons. The molecule has 0 spiro atoms. The van der Waals surface area contributed by atoms with Gasteiger partial charge in [-0.3, -0.25) is 4.79 Å². The van der Waals surface area contributed by atoms with Crippen molar-refractivity contribution in [1.82, 2.24) is 24.7 Å². The molecule has 0 aliphatic carbocycles. The van der Waals surface area contributed by atoms with E-state index < -0.39 is 11.9 Å². The third kappa shape index (κ3) is 4.19. The molecule has 9 heteroatoms. The van der Waals surface area contributed by atoms with Crippen LogP contribution in [-0.4, -0.2) is 43.2 Å². The Labute approximate surface area is 200 Å². The number of aromatic nitrogens is 5. The zero-order valence-corrected chi connectivity index (χ0v) is 19.4. The predicted molar refractivity (Wildman–Crippen MR) is 132 cm³/mol. The minimum Gasteiger partial charge on any atom is -0.462 e. The lowest BCUT2D eigenvalue weighted by Crippen LogP contribution is -2.18. The number of anilines is 1. The molecule has 0 saturated carbocycles. The molecule has 9 nitrogen and oxygen atoms in total. The lowest BCUT2D eigenvalue weighted by atomic mass is 10.1. The average molecular weight is 467 g/mol. The molecule has 0 aliphatic rings. The van der Waals surface area contributed by atoms with Crippen LogP contribution >= 0.6 is 0 Å². The standard InChI is InChI=1S/C26H22N6O3/c1-4-35-26(34)19-14-27-32(23-12-10-17-7-5-6-8-20(17)30-23)24(19)31-25(33)18-9-11-21-22(13-18)29-16(3)15(2)28-21/h5-14H,4H2,1-3H3,(H,31,33). The van der Waals surface area contributed by atoms with Crippen molar-refractivity contribution in [1.29, 1.82) is 0 Å². The van der Waals surface area contributed by atoms with Crippen LogP contribution in [0.1, 0.15) is 39.0 Å². The smallest absolute Gasteiger partial charge is 0.343 e. The summed E-state index contributed by atoms with van der Waals surface area (Å²) < 4.78 is 6.60. The van der Waals surface area contributed by atoms with E-state index in [0.717, 1.165) is 22.3 Å². The van der Waals surface area contributed by atoms with Crippen LogP contribution in [-0.2, 0) is 4.74 Å². The van der Waals surface area contributed by atoms with Crippen molar-refractivity contribution in [2.24, 2.45) is 0 Å². The number of aryl methyl sites for hydroxylation is 2. The molecule has 2 aromatic carbocycles. The zero-order valence-electron chi connectivity index (χ0n) is 19.4. The molecule has 174 valence electrons. The van der Waals surface area contributed by atoms with Crippen LogP contribution in [0.2, 0.25) is 0 Å². The second-order valence-corrected chi connectivity index (χ2v) is 7.95. The van der Waals surface area contributed by atoms with E-state index in [1.54, 1.807) is 31.2 Å². The van der Waals surface area contributed by atoms with E-state index >= 15 is 0 Å². The van der Waals surface area contributed by atoms with Gasteiger partial charge in [0, 0.05) is 10.9 Å². The van der Waals surface area contributed by atoms with Gasteiger partial charge in [0.25, 0.3) is 5.91 Å². The van der Waals surface area contributed by atoms with Gasteiger partial charge in [0.1, 0.15) is 5.56 Å². The van der Waals surface area contributed by atoms with Crippen molar-refractivity contribution in [2.45, 2.75) is 20.8 Å². The highest BCUT2D eigenvalue weighted by atomic mass is 16.5. The fourth-order valence-electron chi connectivity index (χ4n) is 3.73. The molecular formula is C26H22N6O3. The number of rotatable bonds is 5. The molecule has 0 aliphatic heterocycles. The third-order valence-electron chi connectivity index (χ3n) is 5.63. The number of nitrogens with zero attached hydrogens (tertiary/aromatic N) is 5. The molecule has 35 heavy (non-hydrogen) atoms. The fraction of sp³-hybridized carbons (Fsp3) is 0.154. The van der Waals surface area contributed by atoms with Gasteiger partial charge < -0.3 is 10.1 Å². The van der Waals surface area contributed by atoms with Crippen LogP contribution in [0.25, 0.3) is 27.8 Å². The van der Waals surface area contributed by atoms with Crippen molar-refractivity contribution in [3.8, 4) is 5.82 Å². The average Bonchev–Trinajstić information content (AvgIpc) is 3.27. The van der Waals surface area contributed by atoms with E-state index in [2.05, 4.69) is 25.4 Å². The van der Waals surface area contributed by atoms with Crippen LogP contribution in [0.15, 0.2) is 60.8 Å². The molecule has 1 N–H and O–H groups in total. The lowest BCUT2D eigenvalue weighted by molar-refractivity contribution is 0.0527. The van der Waals surface area contributed by atoms with E-state index in [0.29, 0.717) is 22.4 Å². The first-order valence-electron chi connectivity index (χ1n) is 11.1. The molecule has 5 aromatic rings. The number of pyridine rings is 1. The first-order valence-corrected chi connectivity index (χ1v) is 11.1. The van der Waals surface area contributed by atoms with Gasteiger partial charge in [0.05, 0.1) is 40.7 Å². The summed E-state index contributed by atoms with van der Waals surface area (Å²) >= 11 is 0. The number of hydrogen-bond acceptors (Lipinski definition) is 7. The van der Waals surface area contributed by atoms with Gasteiger partial charge >= 0.3 is 5.97 Å². The van der Waals surface area contributed by atoms with Gasteiger partial charge in [0.2, 0.25) is 0 Å². The Morgan fingerprint density at radius 3 is 2.49 bits per heavy atom. The summed E-state index contributed by atoms with van der Waals surface area (Å²) in [6.45, 7) is 5.66. The molecule has 0 bridgehead atoms. The van der Waals surface area contributed by atoms with Crippen LogP contribution in [0.5, 0.6) is 0 Å². The summed E-state index contributed by atoms with van der Waals surface area (Å²) in [5.74, 6) is -0.405. The molecule has 5 rings (SSSR count). The number of ether oxygens (including phenoxy) is 1. The maximum absolute atomic E-state index is 13.3. The maximum Gasteiger partial charge on any atom is 0.343 e. The van der Waals surface area contributed by atoms with Gasteiger partial charge in [-0.15, -0.1) is 0 Å². The Bertz CT molecular complexity index is 1610. The summed E-state index contributed by atoms with van der Waals surface area (Å²) in [5, 5.41) is 8.12. The summed E-state index contributed by atoms with van der Waals surface area (Å²) in [4.78, 5) is 39.6. The quantitative estimate of drug-likeness (QED) is 0.382. The fourth-order valence-corrected chi connectivity index (χ4v) is 3.73. The zero-order chi connectivity index (χ0) is 24.5. The molecule has 0 atom stereocenters. The number of fused-ring (bicyclic) bond motifs is 2. The second-order valence-electron chi connectivity index (χ2n) is 7.95. The van der Waals surface area contributed by atoms with E-state index in [1.165, 1.54) is 10.9 Å².